The van der Waals surface area contributed by atoms with Crippen LogP contribution in [0.2, 0.25) is 0 Å². The van der Waals surface area contributed by atoms with E-state index in [2.05, 4.69) is 11.9 Å². The molecule has 0 aromatic heterocycles. The van der Waals surface area contributed by atoms with Gasteiger partial charge in [-0.3, -0.25) is 4.79 Å². The normalized spacial score (nSPS) is 27.5. The topological polar surface area (TPSA) is 38.8 Å². The number of rotatable bonds is 5. The smallest absolute Gasteiger partial charge is 0.140 e. The van der Waals surface area contributed by atoms with Gasteiger partial charge in [-0.15, -0.1) is 0 Å². The number of carbonyl (C=O) groups excluding carboxylic acids is 1. The molecule has 2 atom stereocenters. The van der Waals surface area contributed by atoms with E-state index in [1.165, 1.54) is 19.3 Å². The second-order valence-electron chi connectivity index (χ2n) is 6.94. The van der Waals surface area contributed by atoms with Gasteiger partial charge in [-0.25, -0.2) is 0 Å². The van der Waals surface area contributed by atoms with E-state index in [1.54, 1.807) is 14.2 Å². The van der Waals surface area contributed by atoms with E-state index in [4.69, 9.17) is 9.47 Å². The lowest BCUT2D eigenvalue weighted by atomic mass is 9.76. The van der Waals surface area contributed by atoms with Gasteiger partial charge >= 0.3 is 0 Å². The van der Waals surface area contributed by atoms with Crippen LogP contribution in [0.4, 0.5) is 0 Å². The van der Waals surface area contributed by atoms with Crippen LogP contribution >= 0.6 is 0 Å². The minimum Gasteiger partial charge on any atom is -0.497 e. The second-order valence-corrected chi connectivity index (χ2v) is 6.94. The van der Waals surface area contributed by atoms with Gasteiger partial charge in [-0.05, 0) is 50.4 Å². The van der Waals surface area contributed by atoms with Gasteiger partial charge in [-0.1, -0.05) is 6.42 Å². The summed E-state index contributed by atoms with van der Waals surface area (Å²) in [5.41, 5.74) is 0.982. The Bertz CT molecular complexity index is 535. The number of Topliss-reactive ketones (excluding diaryl/α,β-unsaturated/α-hetero) is 1. The summed E-state index contributed by atoms with van der Waals surface area (Å²) in [5, 5.41) is 0. The van der Waals surface area contributed by atoms with E-state index in [1.807, 2.05) is 18.2 Å². The van der Waals surface area contributed by atoms with E-state index < -0.39 is 0 Å². The molecule has 0 saturated carbocycles. The van der Waals surface area contributed by atoms with Gasteiger partial charge in [0, 0.05) is 30.5 Å². The minimum atomic E-state index is 0.207. The molecule has 2 aliphatic rings. The van der Waals surface area contributed by atoms with Crippen molar-refractivity contribution in [2.45, 2.75) is 50.6 Å². The summed E-state index contributed by atoms with van der Waals surface area (Å²) in [7, 11) is 5.50. The molecule has 2 fully saturated rings. The molecule has 2 bridgehead atoms. The number of ether oxygens (including phenoxy) is 2. The average molecular weight is 317 g/mol. The Morgan fingerprint density at radius 3 is 2.17 bits per heavy atom. The van der Waals surface area contributed by atoms with Gasteiger partial charge in [0.25, 0.3) is 0 Å². The fourth-order valence-electron chi connectivity index (χ4n) is 4.19. The quantitative estimate of drug-likeness (QED) is 0.836. The Balaban J connectivity index is 1.70. The molecule has 1 aromatic carbocycles. The standard InChI is InChI=1S/C19H27NO3/c1-20-15-5-4-6-16(20)11-14(10-15)19(21)9-13-7-17(22-2)12-18(8-13)23-3/h7-8,12,14-16H,4-6,9-11H2,1-3H3. The van der Waals surface area contributed by atoms with Crippen molar-refractivity contribution in [2.75, 3.05) is 21.3 Å². The molecule has 0 radical (unpaired) electrons. The van der Waals surface area contributed by atoms with E-state index in [-0.39, 0.29) is 5.92 Å². The first-order valence-electron chi connectivity index (χ1n) is 8.57. The van der Waals surface area contributed by atoms with Crippen LogP contribution in [0.1, 0.15) is 37.7 Å². The number of ketones is 1. The van der Waals surface area contributed by atoms with Gasteiger partial charge < -0.3 is 14.4 Å². The Hall–Kier alpha value is -1.55. The molecule has 3 rings (SSSR count). The van der Waals surface area contributed by atoms with Crippen LogP contribution in [0.25, 0.3) is 0 Å². The highest BCUT2D eigenvalue weighted by molar-refractivity contribution is 5.83. The fraction of sp³-hybridized carbons (Fsp3) is 0.632. The van der Waals surface area contributed by atoms with Crippen molar-refractivity contribution in [3.05, 3.63) is 23.8 Å². The Labute approximate surface area is 138 Å². The zero-order valence-corrected chi connectivity index (χ0v) is 14.4. The van der Waals surface area contributed by atoms with Crippen LogP contribution < -0.4 is 9.47 Å². The van der Waals surface area contributed by atoms with Crippen molar-refractivity contribution in [1.82, 2.24) is 4.90 Å². The van der Waals surface area contributed by atoms with Crippen LogP contribution in [0.15, 0.2) is 18.2 Å². The van der Waals surface area contributed by atoms with Crippen molar-refractivity contribution >= 4 is 5.78 Å². The molecule has 0 N–H and O–H groups in total. The van der Waals surface area contributed by atoms with E-state index in [0.29, 0.717) is 24.3 Å². The SMILES string of the molecule is COc1cc(CC(=O)C2CC3CCCC(C2)N3C)cc(OC)c1. The van der Waals surface area contributed by atoms with Crippen LogP contribution in [0, 0.1) is 5.92 Å². The molecule has 126 valence electrons. The van der Waals surface area contributed by atoms with E-state index >= 15 is 0 Å². The number of benzene rings is 1. The molecule has 0 amide bonds. The number of carbonyl (C=O) groups is 1. The second kappa shape index (κ2) is 6.91. The van der Waals surface area contributed by atoms with Gasteiger partial charge in [0.2, 0.25) is 0 Å². The van der Waals surface area contributed by atoms with Gasteiger partial charge in [0.1, 0.15) is 17.3 Å². The predicted octanol–water partition coefficient (Wildman–Crippen LogP) is 3.08. The van der Waals surface area contributed by atoms with Crippen molar-refractivity contribution in [3.63, 3.8) is 0 Å². The zero-order chi connectivity index (χ0) is 16.4. The number of hydrogen-bond acceptors (Lipinski definition) is 4. The summed E-state index contributed by atoms with van der Waals surface area (Å²) < 4.78 is 10.6. The van der Waals surface area contributed by atoms with Crippen molar-refractivity contribution in [1.29, 1.82) is 0 Å². The molecule has 4 heteroatoms. The van der Waals surface area contributed by atoms with Gasteiger partial charge in [-0.2, -0.15) is 0 Å². The molecular formula is C19H27NO3. The van der Waals surface area contributed by atoms with E-state index in [9.17, 15) is 4.79 Å². The lowest BCUT2D eigenvalue weighted by molar-refractivity contribution is -0.125. The molecule has 2 unspecified atom stereocenters. The minimum absolute atomic E-state index is 0.207. The van der Waals surface area contributed by atoms with Gasteiger partial charge in [0.15, 0.2) is 0 Å². The Kier molecular flexibility index (Phi) is 4.90. The van der Waals surface area contributed by atoms with Crippen molar-refractivity contribution < 1.29 is 14.3 Å². The number of fused-ring (bicyclic) bond motifs is 2. The molecule has 2 heterocycles. The summed E-state index contributed by atoms with van der Waals surface area (Å²) in [4.78, 5) is 15.3. The summed E-state index contributed by atoms with van der Waals surface area (Å²) >= 11 is 0. The summed E-state index contributed by atoms with van der Waals surface area (Å²) in [6, 6.07) is 6.91. The third-order valence-corrected chi connectivity index (χ3v) is 5.58. The molecule has 2 saturated heterocycles. The van der Waals surface area contributed by atoms with E-state index in [0.717, 1.165) is 29.9 Å². The van der Waals surface area contributed by atoms with Crippen LogP contribution in [-0.4, -0.2) is 44.0 Å². The average Bonchev–Trinajstić information content (AvgIpc) is 2.54. The maximum atomic E-state index is 12.8. The van der Waals surface area contributed by atoms with Crippen molar-refractivity contribution in [3.8, 4) is 11.5 Å². The number of methoxy groups -OCH3 is 2. The highest BCUT2D eigenvalue weighted by atomic mass is 16.5. The summed E-state index contributed by atoms with van der Waals surface area (Å²) in [5.74, 6) is 2.06. The van der Waals surface area contributed by atoms with Crippen LogP contribution in [-0.2, 0) is 11.2 Å². The molecular weight excluding hydrogens is 290 g/mol. The summed E-state index contributed by atoms with van der Waals surface area (Å²) in [6.45, 7) is 0. The number of nitrogens with zero attached hydrogens (tertiary/aromatic N) is 1. The van der Waals surface area contributed by atoms with Gasteiger partial charge in [0.05, 0.1) is 14.2 Å². The van der Waals surface area contributed by atoms with Crippen LogP contribution in [0.5, 0.6) is 11.5 Å². The maximum Gasteiger partial charge on any atom is 0.140 e. The predicted molar refractivity (Wildman–Crippen MR) is 90.2 cm³/mol. The fourth-order valence-corrected chi connectivity index (χ4v) is 4.19. The molecule has 0 spiro atoms. The van der Waals surface area contributed by atoms with Crippen molar-refractivity contribution in [2.24, 2.45) is 5.92 Å². The molecule has 1 aromatic rings. The maximum absolute atomic E-state index is 12.8. The third kappa shape index (κ3) is 3.52. The lowest BCUT2D eigenvalue weighted by Crippen LogP contribution is -2.51. The molecule has 0 aliphatic carbocycles. The zero-order valence-electron chi connectivity index (χ0n) is 14.4. The third-order valence-electron chi connectivity index (χ3n) is 5.58. The van der Waals surface area contributed by atoms with Crippen LogP contribution in [0.3, 0.4) is 0 Å². The molecule has 2 aliphatic heterocycles. The molecule has 4 nitrogen and oxygen atoms in total. The first kappa shape index (κ1) is 16.3. The lowest BCUT2D eigenvalue weighted by Gasteiger charge is -2.46. The first-order valence-corrected chi connectivity index (χ1v) is 8.57. The first-order chi connectivity index (χ1) is 11.1. The Morgan fingerprint density at radius 2 is 1.65 bits per heavy atom. The number of hydrogen-bond donors (Lipinski definition) is 0. The summed E-state index contributed by atoms with van der Waals surface area (Å²) in [6.07, 6.45) is 6.31. The molecule has 23 heavy (non-hydrogen) atoms. The monoisotopic (exact) mass is 317 g/mol. The highest BCUT2D eigenvalue weighted by Crippen LogP contribution is 2.36. The number of piperidine rings is 2. The Morgan fingerprint density at radius 1 is 1.09 bits per heavy atom. The largest absolute Gasteiger partial charge is 0.497 e. The highest BCUT2D eigenvalue weighted by Gasteiger charge is 2.38.